The van der Waals surface area contributed by atoms with E-state index in [2.05, 4.69) is 38.3 Å². The van der Waals surface area contributed by atoms with E-state index in [1.165, 1.54) is 89.9 Å². The lowest BCUT2D eigenvalue weighted by molar-refractivity contribution is -0.302. The fourth-order valence-corrected chi connectivity index (χ4v) is 11.5. The second-order valence-corrected chi connectivity index (χ2v) is 24.5. The predicted molar refractivity (Wildman–Crippen MR) is 314 cm³/mol. The van der Waals surface area contributed by atoms with Crippen LogP contribution in [-0.4, -0.2) is 146 Å². The average Bonchev–Trinajstić information content (AvgIpc) is 3.43. The van der Waals surface area contributed by atoms with Crippen molar-refractivity contribution in [3.05, 3.63) is 0 Å². The molecule has 0 saturated carbocycles. The zero-order chi connectivity index (χ0) is 59.5. The van der Waals surface area contributed by atoms with Crippen molar-refractivity contribution in [3.63, 3.8) is 0 Å². The van der Waals surface area contributed by atoms with Crippen LogP contribution in [0.3, 0.4) is 0 Å². The summed E-state index contributed by atoms with van der Waals surface area (Å²) in [6.07, 6.45) is 22.0. The van der Waals surface area contributed by atoms with E-state index in [1.54, 1.807) is 0 Å². The number of nitrogens with one attached hydrogen (secondary N) is 2. The van der Waals surface area contributed by atoms with Gasteiger partial charge in [0.05, 0.1) is 32.2 Å². The van der Waals surface area contributed by atoms with Crippen molar-refractivity contribution in [2.75, 3.05) is 19.8 Å². The van der Waals surface area contributed by atoms with Gasteiger partial charge in [0, 0.05) is 13.0 Å². The Labute approximate surface area is 488 Å². The van der Waals surface area contributed by atoms with Gasteiger partial charge in [0.2, 0.25) is 11.8 Å². The maximum Gasteiger partial charge on any atom is 0.470 e. The van der Waals surface area contributed by atoms with Crippen LogP contribution in [0.1, 0.15) is 278 Å². The van der Waals surface area contributed by atoms with E-state index in [-0.39, 0.29) is 25.9 Å². The Balaban J connectivity index is 2.24. The van der Waals surface area contributed by atoms with E-state index >= 15 is 0 Å². The summed E-state index contributed by atoms with van der Waals surface area (Å²) in [5.74, 6) is -1.69. The zero-order valence-corrected chi connectivity index (χ0v) is 51.7. The van der Waals surface area contributed by atoms with Crippen LogP contribution in [0.15, 0.2) is 0 Å². The molecule has 0 unspecified atom stereocenters. The molecule has 2 rings (SSSR count). The highest BCUT2D eigenvalue weighted by molar-refractivity contribution is 7.46. The highest BCUT2D eigenvalue weighted by atomic mass is 31.2. The van der Waals surface area contributed by atoms with E-state index in [9.17, 15) is 54.3 Å². The summed E-state index contributed by atoms with van der Waals surface area (Å²) in [6, 6.07) is -2.85. The molecule has 2 aliphatic rings. The molecule has 0 aromatic carbocycles. The molecule has 0 spiro atoms. The number of hydrogen-bond acceptors (Lipinski definition) is 15. The van der Waals surface area contributed by atoms with Crippen LogP contribution < -0.4 is 10.6 Å². The van der Waals surface area contributed by atoms with Gasteiger partial charge in [-0.3, -0.25) is 18.9 Å². The van der Waals surface area contributed by atoms with Crippen LogP contribution in [-0.2, 0) is 47.2 Å². The number of carbonyl (C=O) groups excluding carboxylic acids is 3. The summed E-state index contributed by atoms with van der Waals surface area (Å²) < 4.78 is 47.4. The van der Waals surface area contributed by atoms with Crippen molar-refractivity contribution in [3.8, 4) is 0 Å². The molecule has 0 radical (unpaired) electrons. The Morgan fingerprint density at radius 3 is 1.40 bits per heavy atom. The third-order valence-electron chi connectivity index (χ3n) is 15.8. The number of phosphoric acid groups is 1. The highest BCUT2D eigenvalue weighted by Crippen LogP contribution is 2.41. The third kappa shape index (κ3) is 35.4. The molecule has 9 N–H and O–H groups in total. The van der Waals surface area contributed by atoms with Crippen molar-refractivity contribution in [1.29, 1.82) is 0 Å². The first-order valence-corrected chi connectivity index (χ1v) is 34.0. The molecule has 2 fully saturated rings. The lowest BCUT2D eigenvalue weighted by atomic mass is 9.95. The number of amides is 2. The molecule has 2 amide bonds. The summed E-state index contributed by atoms with van der Waals surface area (Å²) in [5, 5.41) is 61.4. The minimum Gasteiger partial charge on any atom is -0.462 e. The Kier molecular flexibility index (Phi) is 44.0. The van der Waals surface area contributed by atoms with Crippen LogP contribution in [0.4, 0.5) is 0 Å². The molecule has 2 aliphatic heterocycles. The van der Waals surface area contributed by atoms with Gasteiger partial charge in [-0.05, 0) is 32.1 Å². The topological polar surface area (TPSA) is 289 Å². The Morgan fingerprint density at radius 1 is 0.506 bits per heavy atom. The van der Waals surface area contributed by atoms with Gasteiger partial charge in [-0.2, -0.15) is 0 Å². The summed E-state index contributed by atoms with van der Waals surface area (Å²) in [6.45, 7) is 7.45. The number of esters is 1. The lowest BCUT2D eigenvalue weighted by Crippen LogP contribution is -2.67. The normalized spacial score (nSPS) is 24.0. The van der Waals surface area contributed by atoms with Crippen LogP contribution >= 0.6 is 7.82 Å². The zero-order valence-electron chi connectivity index (χ0n) is 50.8. The lowest BCUT2D eigenvalue weighted by Gasteiger charge is -2.45. The van der Waals surface area contributed by atoms with Gasteiger partial charge in [-0.25, -0.2) is 4.57 Å². The first-order valence-electron chi connectivity index (χ1n) is 32.5. The molecular formula is C61H117N2O17P. The largest absolute Gasteiger partial charge is 0.470 e. The summed E-state index contributed by atoms with van der Waals surface area (Å²) in [5.41, 5.74) is 0. The molecule has 478 valence electrons. The van der Waals surface area contributed by atoms with Crippen LogP contribution in [0.5, 0.6) is 0 Å². The third-order valence-corrected chi connectivity index (χ3v) is 16.3. The van der Waals surface area contributed by atoms with Gasteiger partial charge < -0.3 is 69.6 Å². The second-order valence-electron chi connectivity index (χ2n) is 23.3. The number of ether oxygens (including phenoxy) is 5. The molecule has 0 bridgehead atoms. The van der Waals surface area contributed by atoms with Crippen molar-refractivity contribution in [2.45, 2.75) is 352 Å². The van der Waals surface area contributed by atoms with Crippen molar-refractivity contribution < 1.29 is 82.5 Å². The maximum absolute atomic E-state index is 14.1. The molecular weight excluding hydrogens is 1060 g/mol. The van der Waals surface area contributed by atoms with Crippen molar-refractivity contribution in [1.82, 2.24) is 10.6 Å². The monoisotopic (exact) mass is 1180 g/mol. The fourth-order valence-electron chi connectivity index (χ4n) is 10.9. The van der Waals surface area contributed by atoms with Crippen LogP contribution in [0, 0.1) is 0 Å². The quantitative estimate of drug-likeness (QED) is 0.0155. The van der Waals surface area contributed by atoms with Crippen LogP contribution in [0.2, 0.25) is 0 Å². The molecule has 20 heteroatoms. The number of unbranched alkanes of at least 4 members (excludes halogenated alkanes) is 30. The Morgan fingerprint density at radius 2 is 0.914 bits per heavy atom. The number of hydrogen-bond donors (Lipinski definition) is 9. The summed E-state index contributed by atoms with van der Waals surface area (Å²) >= 11 is 0. The molecule has 19 nitrogen and oxygen atoms in total. The molecule has 0 aromatic rings. The minimum absolute atomic E-state index is 0.197. The molecule has 12 atom stereocenters. The van der Waals surface area contributed by atoms with Gasteiger partial charge in [-0.1, -0.05) is 227 Å². The van der Waals surface area contributed by atoms with Gasteiger partial charge in [-0.15, -0.1) is 0 Å². The second kappa shape index (κ2) is 47.3. The van der Waals surface area contributed by atoms with E-state index in [0.717, 1.165) is 109 Å². The average molecular weight is 1180 g/mol. The number of rotatable bonds is 52. The van der Waals surface area contributed by atoms with Gasteiger partial charge >= 0.3 is 13.8 Å². The summed E-state index contributed by atoms with van der Waals surface area (Å²) in [4.78, 5) is 60.3. The first kappa shape index (κ1) is 75.3. The van der Waals surface area contributed by atoms with Gasteiger partial charge in [0.15, 0.2) is 12.6 Å². The number of carbonyl (C=O) groups is 3. The Hall–Kier alpha value is -1.84. The van der Waals surface area contributed by atoms with E-state index in [0.29, 0.717) is 32.1 Å². The molecule has 2 heterocycles. The van der Waals surface area contributed by atoms with E-state index in [1.807, 2.05) is 0 Å². The molecule has 0 aromatic heterocycles. The van der Waals surface area contributed by atoms with Crippen molar-refractivity contribution >= 4 is 25.6 Å². The first-order chi connectivity index (χ1) is 39.1. The minimum atomic E-state index is -5.31. The van der Waals surface area contributed by atoms with E-state index in [4.69, 9.17) is 28.2 Å². The highest BCUT2D eigenvalue weighted by Gasteiger charge is 2.51. The summed E-state index contributed by atoms with van der Waals surface area (Å²) in [7, 11) is -5.31. The molecule has 0 aliphatic carbocycles. The molecule has 81 heavy (non-hydrogen) atoms. The molecule has 2 saturated heterocycles. The maximum atomic E-state index is 14.1. The Bertz CT molecular complexity index is 1610. The van der Waals surface area contributed by atoms with E-state index < -0.39 is 112 Å². The smallest absolute Gasteiger partial charge is 0.462 e. The predicted octanol–water partition coefficient (Wildman–Crippen LogP) is 10.6. The van der Waals surface area contributed by atoms with Gasteiger partial charge in [0.1, 0.15) is 54.8 Å². The standard InChI is InChI=1S/C61H117N2O17P/c1-5-9-13-17-21-24-27-31-35-39-47(65)43-51(66)62-54-57(70)56(69)50(79-60(54)75-42-38-34-30-20-16-12-8-4)46-76-61-55(58(71)59(49(45-64)78-61)80-81(72,73)74)63-52(67)44-48(40-36-32-28-25-22-18-14-10-6-2)77-53(68)41-37-33-29-26-23-19-15-11-7-3/h47-50,54-61,64-65,69-71H,5-46H2,1-4H3,(H,62,66)(H,63,67)(H2,72,73,74)/t47-,48-,49-,50-,54-,55-,56-,57-,58-,59-,60+,61-/m1/s1. The number of aliphatic hydroxyl groups excluding tert-OH is 5. The number of phosphoric ester groups is 1. The van der Waals surface area contributed by atoms with Gasteiger partial charge in [0.25, 0.3) is 0 Å². The SMILES string of the molecule is CCCCCCCCCCCC(=O)O[C@H](CCCCCCCCCCC)CC(=O)N[C@H]1[C@H](OC[C@H]2O[C@H](OCCCCCCCCC)[C@H](NC(=O)C[C@H](O)CCCCCCCCCCC)[C@@H](O)[C@@H]2O)O[C@H](CO)[C@@H](OP(=O)(O)O)[C@@H]1O. The number of aliphatic hydroxyl groups is 5. The van der Waals surface area contributed by atoms with Crippen LogP contribution in [0.25, 0.3) is 0 Å². The van der Waals surface area contributed by atoms with Crippen molar-refractivity contribution in [2.24, 2.45) is 0 Å². The fraction of sp³-hybridized carbons (Fsp3) is 0.951.